The summed E-state index contributed by atoms with van der Waals surface area (Å²) in [5.41, 5.74) is 0.840. The molecule has 5 rings (SSSR count). The van der Waals surface area contributed by atoms with Crippen LogP contribution in [0.1, 0.15) is 16.1 Å². The summed E-state index contributed by atoms with van der Waals surface area (Å²) < 4.78 is 39.5. The molecule has 1 fully saturated rings. The molecule has 0 spiro atoms. The zero-order valence-electron chi connectivity index (χ0n) is 15.8. The molecule has 10 heteroatoms. The van der Waals surface area contributed by atoms with Gasteiger partial charge in [-0.1, -0.05) is 35.5 Å². The van der Waals surface area contributed by atoms with Crippen LogP contribution in [0.15, 0.2) is 70.3 Å². The maximum Gasteiger partial charge on any atom is 0.292 e. The highest BCUT2D eigenvalue weighted by Gasteiger charge is 2.49. The third-order valence-electron chi connectivity index (χ3n) is 5.31. The van der Waals surface area contributed by atoms with Gasteiger partial charge in [0.2, 0.25) is 21.7 Å². The number of carbonyl (C=O) groups is 1. The van der Waals surface area contributed by atoms with Gasteiger partial charge in [0.05, 0.1) is 18.8 Å². The largest absolute Gasteiger partial charge is 0.470 e. The minimum atomic E-state index is -3.90. The normalized spacial score (nSPS) is 22.6. The lowest BCUT2D eigenvalue weighted by molar-refractivity contribution is 0.0729. The standard InChI is InChI=1S/C20H18N4O5S/c25-20(16-8-10-22-29-16)23-12-15-17(13-23)28-19-18(7-4-9-21-19)30(26,27)24(15)11-14-5-2-1-3-6-14/h1-10,15,17H,11-13H2/t15-,17+/m0/s1. The first-order valence-corrected chi connectivity index (χ1v) is 10.9. The van der Waals surface area contributed by atoms with E-state index < -0.39 is 22.2 Å². The lowest BCUT2D eigenvalue weighted by Crippen LogP contribution is -2.46. The van der Waals surface area contributed by atoms with E-state index in [0.717, 1.165) is 5.56 Å². The first-order valence-electron chi connectivity index (χ1n) is 9.41. The van der Waals surface area contributed by atoms with Gasteiger partial charge in [0.25, 0.3) is 5.91 Å². The third kappa shape index (κ3) is 3.14. The van der Waals surface area contributed by atoms with E-state index in [1.807, 2.05) is 30.3 Å². The van der Waals surface area contributed by atoms with E-state index in [0.29, 0.717) is 0 Å². The number of hydrogen-bond acceptors (Lipinski definition) is 7. The molecule has 0 N–H and O–H groups in total. The zero-order valence-corrected chi connectivity index (χ0v) is 16.6. The van der Waals surface area contributed by atoms with Crippen LogP contribution < -0.4 is 4.74 Å². The van der Waals surface area contributed by atoms with Crippen molar-refractivity contribution < 1.29 is 22.5 Å². The van der Waals surface area contributed by atoms with Crippen molar-refractivity contribution in [2.45, 2.75) is 23.6 Å². The Hall–Kier alpha value is -3.24. The number of carbonyl (C=O) groups excluding carboxylic acids is 1. The molecule has 2 aliphatic rings. The van der Waals surface area contributed by atoms with Crippen molar-refractivity contribution in [2.24, 2.45) is 0 Å². The van der Waals surface area contributed by atoms with E-state index in [4.69, 9.17) is 9.26 Å². The van der Waals surface area contributed by atoms with Crippen molar-refractivity contribution in [1.82, 2.24) is 19.3 Å². The number of aromatic nitrogens is 2. The second-order valence-electron chi connectivity index (χ2n) is 7.15. The molecule has 1 amide bonds. The maximum atomic E-state index is 13.6. The van der Waals surface area contributed by atoms with E-state index in [1.165, 1.54) is 33.7 Å². The Labute approximate surface area is 172 Å². The van der Waals surface area contributed by atoms with E-state index in [1.54, 1.807) is 6.07 Å². The van der Waals surface area contributed by atoms with Crippen LogP contribution in [0.25, 0.3) is 0 Å². The fourth-order valence-electron chi connectivity index (χ4n) is 3.87. The molecule has 2 aliphatic heterocycles. The molecule has 1 saturated heterocycles. The van der Waals surface area contributed by atoms with Gasteiger partial charge in [-0.05, 0) is 17.7 Å². The van der Waals surface area contributed by atoms with E-state index in [9.17, 15) is 13.2 Å². The Bertz CT molecular complexity index is 1170. The van der Waals surface area contributed by atoms with Gasteiger partial charge in [-0.15, -0.1) is 0 Å². The minimum absolute atomic E-state index is 0.0310. The summed E-state index contributed by atoms with van der Waals surface area (Å²) in [5.74, 6) is -0.207. The van der Waals surface area contributed by atoms with Crippen molar-refractivity contribution in [2.75, 3.05) is 13.1 Å². The molecule has 154 valence electrons. The molecule has 4 heterocycles. The molecular formula is C20H18N4O5S. The Balaban J connectivity index is 1.55. The van der Waals surface area contributed by atoms with Crippen LogP contribution in [-0.4, -0.2) is 58.9 Å². The summed E-state index contributed by atoms with van der Waals surface area (Å²) in [6, 6.07) is 13.3. The van der Waals surface area contributed by atoms with Crippen LogP contribution in [0.4, 0.5) is 0 Å². The van der Waals surface area contributed by atoms with Gasteiger partial charge in [0.1, 0.15) is 11.0 Å². The first kappa shape index (κ1) is 18.8. The number of hydrogen-bond donors (Lipinski definition) is 0. The summed E-state index contributed by atoms with van der Waals surface area (Å²) in [4.78, 5) is 18.5. The number of rotatable bonds is 3. The van der Waals surface area contributed by atoms with Gasteiger partial charge in [-0.3, -0.25) is 4.79 Å². The fourth-order valence-corrected chi connectivity index (χ4v) is 5.57. The number of sulfonamides is 1. The van der Waals surface area contributed by atoms with Gasteiger partial charge in [0.15, 0.2) is 0 Å². The smallest absolute Gasteiger partial charge is 0.292 e. The summed E-state index contributed by atoms with van der Waals surface area (Å²) in [7, 11) is -3.90. The summed E-state index contributed by atoms with van der Waals surface area (Å²) in [6.07, 6.45) is 2.32. The Morgan fingerprint density at radius 2 is 1.90 bits per heavy atom. The van der Waals surface area contributed by atoms with Crippen LogP contribution >= 0.6 is 0 Å². The molecule has 3 aromatic rings. The quantitative estimate of drug-likeness (QED) is 0.625. The number of benzene rings is 1. The third-order valence-corrected chi connectivity index (χ3v) is 7.19. The summed E-state index contributed by atoms with van der Waals surface area (Å²) >= 11 is 0. The van der Waals surface area contributed by atoms with Gasteiger partial charge in [-0.2, -0.15) is 4.31 Å². The number of pyridine rings is 1. The molecule has 9 nitrogen and oxygen atoms in total. The topological polar surface area (TPSA) is 106 Å². The fraction of sp³-hybridized carbons (Fsp3) is 0.250. The zero-order chi connectivity index (χ0) is 20.7. The molecule has 0 aliphatic carbocycles. The lowest BCUT2D eigenvalue weighted by atomic mass is 10.1. The predicted molar refractivity (Wildman–Crippen MR) is 104 cm³/mol. The molecule has 30 heavy (non-hydrogen) atoms. The van der Waals surface area contributed by atoms with E-state index in [2.05, 4.69) is 10.1 Å². The monoisotopic (exact) mass is 426 g/mol. The average molecular weight is 426 g/mol. The summed E-state index contributed by atoms with van der Waals surface area (Å²) in [6.45, 7) is 0.539. The summed E-state index contributed by atoms with van der Waals surface area (Å²) in [5, 5.41) is 3.57. The molecule has 2 aromatic heterocycles. The molecule has 0 bridgehead atoms. The molecular weight excluding hydrogens is 408 g/mol. The van der Waals surface area contributed by atoms with Crippen LogP contribution in [-0.2, 0) is 16.6 Å². The van der Waals surface area contributed by atoms with E-state index >= 15 is 0 Å². The molecule has 0 unspecified atom stereocenters. The molecule has 2 atom stereocenters. The highest BCUT2D eigenvalue weighted by Crippen LogP contribution is 2.36. The van der Waals surface area contributed by atoms with Crippen LogP contribution in [0.3, 0.4) is 0 Å². The van der Waals surface area contributed by atoms with Crippen molar-refractivity contribution in [1.29, 1.82) is 0 Å². The van der Waals surface area contributed by atoms with Gasteiger partial charge in [0, 0.05) is 25.4 Å². The lowest BCUT2D eigenvalue weighted by Gasteiger charge is -2.28. The van der Waals surface area contributed by atoms with Crippen molar-refractivity contribution >= 4 is 15.9 Å². The van der Waals surface area contributed by atoms with Gasteiger partial charge < -0.3 is 14.2 Å². The minimum Gasteiger partial charge on any atom is -0.470 e. The first-order chi connectivity index (χ1) is 14.5. The highest BCUT2D eigenvalue weighted by atomic mass is 32.2. The van der Waals surface area contributed by atoms with Crippen LogP contribution in [0.2, 0.25) is 0 Å². The van der Waals surface area contributed by atoms with Crippen LogP contribution in [0.5, 0.6) is 5.88 Å². The average Bonchev–Trinajstić information content (AvgIpc) is 3.41. The van der Waals surface area contributed by atoms with Crippen molar-refractivity contribution in [3.05, 3.63) is 72.2 Å². The van der Waals surface area contributed by atoms with Crippen LogP contribution in [0, 0.1) is 0 Å². The SMILES string of the molecule is O=C(c1ccno1)N1C[C@H]2Oc3ncccc3S(=O)(=O)N(Cc3ccccc3)[C@H]2C1. The number of ether oxygens (including phenoxy) is 1. The number of nitrogens with zero attached hydrogens (tertiary/aromatic N) is 4. The predicted octanol–water partition coefficient (Wildman–Crippen LogP) is 1.55. The number of fused-ring (bicyclic) bond motifs is 2. The Morgan fingerprint density at radius 3 is 2.67 bits per heavy atom. The van der Waals surface area contributed by atoms with E-state index in [-0.39, 0.29) is 42.1 Å². The van der Waals surface area contributed by atoms with Gasteiger partial charge >= 0.3 is 0 Å². The van der Waals surface area contributed by atoms with Gasteiger partial charge in [-0.25, -0.2) is 13.4 Å². The highest BCUT2D eigenvalue weighted by molar-refractivity contribution is 7.89. The molecule has 0 radical (unpaired) electrons. The molecule has 1 aromatic carbocycles. The number of amides is 1. The molecule has 0 saturated carbocycles. The van der Waals surface area contributed by atoms with Crippen molar-refractivity contribution in [3.8, 4) is 5.88 Å². The maximum absolute atomic E-state index is 13.6. The second-order valence-corrected chi connectivity index (χ2v) is 9.01. The Morgan fingerprint density at radius 1 is 1.07 bits per heavy atom. The second kappa shape index (κ2) is 7.22. The number of likely N-dealkylation sites (tertiary alicyclic amines) is 1. The Kier molecular flexibility index (Phi) is 4.52. The van der Waals surface area contributed by atoms with Crippen molar-refractivity contribution in [3.63, 3.8) is 0 Å².